The molecular weight excluding hydrogens is 231 g/mol. The first-order valence-electron chi connectivity index (χ1n) is 6.23. The van der Waals surface area contributed by atoms with E-state index in [1.807, 2.05) is 6.92 Å². The second-order valence-electron chi connectivity index (χ2n) is 5.44. The zero-order valence-electron chi connectivity index (χ0n) is 11.5. The predicted molar refractivity (Wildman–Crippen MR) is 71.3 cm³/mol. The van der Waals surface area contributed by atoms with Crippen LogP contribution in [0.5, 0.6) is 0 Å². The Balaban J connectivity index is 3.02. The summed E-state index contributed by atoms with van der Waals surface area (Å²) in [6, 6.07) is 6.18. The molecule has 1 aromatic carbocycles. The Kier molecular flexibility index (Phi) is 5.26. The number of rotatable bonds is 5. The highest BCUT2D eigenvalue weighted by atomic mass is 19.1. The van der Waals surface area contributed by atoms with Gasteiger partial charge in [0, 0.05) is 6.61 Å². The first-order valence-corrected chi connectivity index (χ1v) is 6.23. The van der Waals surface area contributed by atoms with Crippen LogP contribution < -0.4 is 11.3 Å². The fraction of sp³-hybridized carbons (Fsp3) is 0.571. The van der Waals surface area contributed by atoms with Gasteiger partial charge in [-0.25, -0.2) is 4.39 Å². The van der Waals surface area contributed by atoms with E-state index in [0.717, 1.165) is 5.56 Å². The standard InChI is InChI=1S/C14H23FN2O/c1-5-18-13(14(2,3)4)12(17-16)10-6-8-11(15)9-7-10/h6-9,12-13,17H,5,16H2,1-4H3. The molecule has 18 heavy (non-hydrogen) atoms. The van der Waals surface area contributed by atoms with E-state index in [9.17, 15) is 4.39 Å². The molecule has 0 bridgehead atoms. The summed E-state index contributed by atoms with van der Waals surface area (Å²) in [6.45, 7) is 8.86. The summed E-state index contributed by atoms with van der Waals surface area (Å²) in [5.41, 5.74) is 3.64. The third kappa shape index (κ3) is 3.77. The van der Waals surface area contributed by atoms with Gasteiger partial charge >= 0.3 is 0 Å². The Morgan fingerprint density at radius 1 is 1.28 bits per heavy atom. The highest BCUT2D eigenvalue weighted by Gasteiger charge is 2.33. The van der Waals surface area contributed by atoms with E-state index in [1.54, 1.807) is 12.1 Å². The van der Waals surface area contributed by atoms with Gasteiger partial charge in [-0.3, -0.25) is 11.3 Å². The van der Waals surface area contributed by atoms with E-state index in [-0.39, 0.29) is 23.4 Å². The largest absolute Gasteiger partial charge is 0.376 e. The van der Waals surface area contributed by atoms with Crippen molar-refractivity contribution in [1.82, 2.24) is 5.43 Å². The SMILES string of the molecule is CCOC(C(NN)c1ccc(F)cc1)C(C)(C)C. The van der Waals surface area contributed by atoms with Crippen LogP contribution in [0, 0.1) is 11.2 Å². The summed E-state index contributed by atoms with van der Waals surface area (Å²) < 4.78 is 18.8. The van der Waals surface area contributed by atoms with Crippen molar-refractivity contribution in [3.63, 3.8) is 0 Å². The Morgan fingerprint density at radius 2 is 1.83 bits per heavy atom. The number of halogens is 1. The summed E-state index contributed by atoms with van der Waals surface area (Å²) in [4.78, 5) is 0. The Morgan fingerprint density at radius 3 is 2.22 bits per heavy atom. The molecule has 0 saturated heterocycles. The lowest BCUT2D eigenvalue weighted by Crippen LogP contribution is -2.44. The molecule has 1 rings (SSSR count). The van der Waals surface area contributed by atoms with Gasteiger partial charge in [-0.15, -0.1) is 0 Å². The Labute approximate surface area is 108 Å². The minimum absolute atomic E-state index is 0.0680. The maximum atomic E-state index is 13.0. The Hall–Kier alpha value is -0.970. The third-order valence-electron chi connectivity index (χ3n) is 2.91. The monoisotopic (exact) mass is 254 g/mol. The minimum atomic E-state index is -0.252. The van der Waals surface area contributed by atoms with Crippen molar-refractivity contribution >= 4 is 0 Å². The van der Waals surface area contributed by atoms with E-state index in [0.29, 0.717) is 6.61 Å². The molecule has 2 atom stereocenters. The van der Waals surface area contributed by atoms with Crippen LogP contribution in [-0.4, -0.2) is 12.7 Å². The summed E-state index contributed by atoms with van der Waals surface area (Å²) >= 11 is 0. The summed E-state index contributed by atoms with van der Waals surface area (Å²) in [6.07, 6.45) is -0.0852. The van der Waals surface area contributed by atoms with Crippen LogP contribution in [0.15, 0.2) is 24.3 Å². The van der Waals surface area contributed by atoms with E-state index < -0.39 is 0 Å². The molecule has 0 spiro atoms. The molecule has 2 unspecified atom stereocenters. The van der Waals surface area contributed by atoms with Gasteiger partial charge in [0.25, 0.3) is 0 Å². The van der Waals surface area contributed by atoms with E-state index in [1.165, 1.54) is 12.1 Å². The molecule has 0 saturated carbocycles. The van der Waals surface area contributed by atoms with Crippen molar-refractivity contribution in [3.05, 3.63) is 35.6 Å². The molecule has 102 valence electrons. The van der Waals surface area contributed by atoms with Crippen molar-refractivity contribution in [2.75, 3.05) is 6.61 Å². The van der Waals surface area contributed by atoms with Gasteiger partial charge in [-0.2, -0.15) is 0 Å². The first kappa shape index (κ1) is 15.1. The molecule has 0 amide bonds. The van der Waals surface area contributed by atoms with Gasteiger partial charge < -0.3 is 4.74 Å². The molecule has 0 aromatic heterocycles. The minimum Gasteiger partial charge on any atom is -0.376 e. The lowest BCUT2D eigenvalue weighted by molar-refractivity contribution is -0.0366. The maximum absolute atomic E-state index is 13.0. The third-order valence-corrected chi connectivity index (χ3v) is 2.91. The van der Waals surface area contributed by atoms with Gasteiger partial charge in [-0.05, 0) is 30.0 Å². The van der Waals surface area contributed by atoms with E-state index in [2.05, 4.69) is 26.2 Å². The van der Waals surface area contributed by atoms with Gasteiger partial charge in [0.05, 0.1) is 12.1 Å². The summed E-state index contributed by atoms with van der Waals surface area (Å²) in [5, 5.41) is 0. The summed E-state index contributed by atoms with van der Waals surface area (Å²) in [5.74, 6) is 5.40. The van der Waals surface area contributed by atoms with Crippen molar-refractivity contribution in [2.45, 2.75) is 39.8 Å². The first-order chi connectivity index (χ1) is 8.40. The number of hydrogen-bond donors (Lipinski definition) is 2. The van der Waals surface area contributed by atoms with Crippen LogP contribution in [0.4, 0.5) is 4.39 Å². The van der Waals surface area contributed by atoms with Crippen molar-refractivity contribution in [2.24, 2.45) is 11.3 Å². The molecule has 1 aromatic rings. The van der Waals surface area contributed by atoms with Crippen molar-refractivity contribution in [1.29, 1.82) is 0 Å². The van der Waals surface area contributed by atoms with Crippen LogP contribution >= 0.6 is 0 Å². The number of ether oxygens (including phenoxy) is 1. The number of hydrazine groups is 1. The van der Waals surface area contributed by atoms with Gasteiger partial charge in [0.15, 0.2) is 0 Å². The second-order valence-corrected chi connectivity index (χ2v) is 5.44. The molecular formula is C14H23FN2O. The molecule has 0 aliphatic carbocycles. The average molecular weight is 254 g/mol. The van der Waals surface area contributed by atoms with Crippen LogP contribution in [0.25, 0.3) is 0 Å². The lowest BCUT2D eigenvalue weighted by atomic mass is 9.82. The van der Waals surface area contributed by atoms with E-state index in [4.69, 9.17) is 10.6 Å². The quantitative estimate of drug-likeness (QED) is 0.627. The number of nitrogens with one attached hydrogen (secondary N) is 1. The topological polar surface area (TPSA) is 47.3 Å². The normalized spacial score (nSPS) is 15.4. The van der Waals surface area contributed by atoms with Crippen LogP contribution in [0.3, 0.4) is 0 Å². The molecule has 0 fully saturated rings. The highest BCUT2D eigenvalue weighted by Crippen LogP contribution is 2.32. The average Bonchev–Trinajstić information content (AvgIpc) is 2.30. The number of hydrogen-bond acceptors (Lipinski definition) is 3. The van der Waals surface area contributed by atoms with Crippen LogP contribution in [0.1, 0.15) is 39.3 Å². The fourth-order valence-corrected chi connectivity index (χ4v) is 2.05. The zero-order chi connectivity index (χ0) is 13.8. The predicted octanol–water partition coefficient (Wildman–Crippen LogP) is 2.78. The second kappa shape index (κ2) is 6.27. The molecule has 3 N–H and O–H groups in total. The van der Waals surface area contributed by atoms with Crippen LogP contribution in [-0.2, 0) is 4.74 Å². The lowest BCUT2D eigenvalue weighted by Gasteiger charge is -2.36. The molecule has 0 aliphatic heterocycles. The number of nitrogens with two attached hydrogens (primary N) is 1. The van der Waals surface area contributed by atoms with Gasteiger partial charge in [0.1, 0.15) is 5.82 Å². The number of benzene rings is 1. The van der Waals surface area contributed by atoms with Gasteiger partial charge in [0.2, 0.25) is 0 Å². The van der Waals surface area contributed by atoms with Crippen molar-refractivity contribution < 1.29 is 9.13 Å². The highest BCUT2D eigenvalue weighted by molar-refractivity contribution is 5.21. The zero-order valence-corrected chi connectivity index (χ0v) is 11.5. The fourth-order valence-electron chi connectivity index (χ4n) is 2.05. The van der Waals surface area contributed by atoms with Crippen LogP contribution in [0.2, 0.25) is 0 Å². The van der Waals surface area contributed by atoms with Gasteiger partial charge in [-0.1, -0.05) is 32.9 Å². The van der Waals surface area contributed by atoms with Crippen molar-refractivity contribution in [3.8, 4) is 0 Å². The maximum Gasteiger partial charge on any atom is 0.123 e. The van der Waals surface area contributed by atoms with E-state index >= 15 is 0 Å². The Bertz CT molecular complexity index is 359. The summed E-state index contributed by atoms with van der Waals surface area (Å²) in [7, 11) is 0. The molecule has 0 heterocycles. The molecule has 0 aliphatic rings. The molecule has 3 nitrogen and oxygen atoms in total. The molecule has 4 heteroatoms. The molecule has 0 radical (unpaired) electrons. The smallest absolute Gasteiger partial charge is 0.123 e.